The molecule has 8 nitrogen and oxygen atoms in total. The third-order valence-corrected chi connectivity index (χ3v) is 7.55. The van der Waals surface area contributed by atoms with Crippen molar-refractivity contribution >= 4 is 17.4 Å². The smallest absolute Gasteiger partial charge is 0.282 e. The lowest BCUT2D eigenvalue weighted by Crippen LogP contribution is -2.23. The standard InChI is InChI=1S/C20H15F2N5O.C11H16F2N2/c21-15-3-12(4-16(22)7-15)5-18(27-11-28)19-17(9-23-10-26-19)14-6-13-1-2-24-20(13)25-8-14;1-3-15-9-6-7(2)4-5-8(9)10(14-15)11(12)13/h1-4,6-11,18H,5H2,(H,24,25)(H,27,28);7,11H,3-6H2,1-2H3. The number of carbonyl (C=O) groups is 1. The molecule has 0 radical (unpaired) electrons. The predicted octanol–water partition coefficient (Wildman–Crippen LogP) is 6.29. The molecule has 1 aliphatic rings. The van der Waals surface area contributed by atoms with Gasteiger partial charge in [-0.3, -0.25) is 9.48 Å². The molecule has 1 aromatic carbocycles. The van der Waals surface area contributed by atoms with Crippen LogP contribution in [-0.4, -0.2) is 36.1 Å². The first-order valence-electron chi connectivity index (χ1n) is 14.0. The number of hydrogen-bond donors (Lipinski definition) is 2. The lowest BCUT2D eigenvalue weighted by Gasteiger charge is -2.19. The number of rotatable bonds is 8. The molecule has 1 aliphatic carbocycles. The van der Waals surface area contributed by atoms with E-state index in [0.717, 1.165) is 53.2 Å². The SMILES string of the molecule is CCn1nc(C(F)F)c2c1CC(C)CC2.O=CNC(Cc1cc(F)cc(F)c1)c1ncncc1-c1cnc2[nH]ccc2c1. The third-order valence-electron chi connectivity index (χ3n) is 7.55. The molecule has 1 amide bonds. The van der Waals surface area contributed by atoms with Gasteiger partial charge in [-0.25, -0.2) is 32.5 Å². The van der Waals surface area contributed by atoms with Crippen LogP contribution >= 0.6 is 0 Å². The molecule has 2 atom stereocenters. The van der Waals surface area contributed by atoms with Crippen molar-refractivity contribution in [3.8, 4) is 11.1 Å². The van der Waals surface area contributed by atoms with Gasteiger partial charge in [-0.2, -0.15) is 5.10 Å². The van der Waals surface area contributed by atoms with Crippen molar-refractivity contribution in [1.82, 2.24) is 35.0 Å². The maximum Gasteiger partial charge on any atom is 0.282 e. The van der Waals surface area contributed by atoms with Gasteiger partial charge in [0.2, 0.25) is 6.41 Å². The summed E-state index contributed by atoms with van der Waals surface area (Å²) < 4.78 is 54.3. The summed E-state index contributed by atoms with van der Waals surface area (Å²) >= 11 is 0. The summed E-state index contributed by atoms with van der Waals surface area (Å²) in [5, 5.41) is 7.61. The first-order chi connectivity index (χ1) is 20.8. The number of alkyl halides is 2. The lowest BCUT2D eigenvalue weighted by molar-refractivity contribution is -0.110. The van der Waals surface area contributed by atoms with Gasteiger partial charge in [-0.15, -0.1) is 0 Å². The fraction of sp³-hybridized carbons (Fsp3) is 0.323. The Labute approximate surface area is 245 Å². The van der Waals surface area contributed by atoms with Gasteiger partial charge in [-0.1, -0.05) is 6.92 Å². The van der Waals surface area contributed by atoms with Crippen LogP contribution in [-0.2, 0) is 30.6 Å². The maximum absolute atomic E-state index is 13.6. The van der Waals surface area contributed by atoms with Gasteiger partial charge in [0.15, 0.2) is 0 Å². The van der Waals surface area contributed by atoms with E-state index in [1.54, 1.807) is 23.3 Å². The van der Waals surface area contributed by atoms with E-state index >= 15 is 0 Å². The molecule has 2 unspecified atom stereocenters. The summed E-state index contributed by atoms with van der Waals surface area (Å²) in [5.41, 5.74) is 4.99. The van der Waals surface area contributed by atoms with Crippen molar-refractivity contribution in [2.24, 2.45) is 5.92 Å². The Bertz CT molecular complexity index is 1700. The molecule has 12 heteroatoms. The zero-order valence-electron chi connectivity index (χ0n) is 23.7. The van der Waals surface area contributed by atoms with Gasteiger partial charge in [0.1, 0.15) is 29.3 Å². The molecule has 5 aromatic rings. The second kappa shape index (κ2) is 13.1. The molecule has 0 bridgehead atoms. The lowest BCUT2D eigenvalue weighted by atomic mass is 9.88. The first kappa shape index (κ1) is 29.9. The van der Waals surface area contributed by atoms with Crippen LogP contribution in [0.1, 0.15) is 60.9 Å². The zero-order valence-corrected chi connectivity index (χ0v) is 23.7. The van der Waals surface area contributed by atoms with E-state index in [1.807, 2.05) is 19.1 Å². The number of nitrogens with one attached hydrogen (secondary N) is 2. The van der Waals surface area contributed by atoms with Crippen molar-refractivity contribution in [1.29, 1.82) is 0 Å². The minimum atomic E-state index is -2.43. The number of halogens is 4. The molecule has 0 saturated heterocycles. The molecule has 0 spiro atoms. The van der Waals surface area contributed by atoms with Crippen molar-refractivity contribution in [3.63, 3.8) is 0 Å². The van der Waals surface area contributed by atoms with Gasteiger partial charge >= 0.3 is 0 Å². The second-order valence-corrected chi connectivity index (χ2v) is 10.6. The number of aryl methyl sites for hydroxylation is 1. The van der Waals surface area contributed by atoms with E-state index in [0.29, 0.717) is 35.7 Å². The van der Waals surface area contributed by atoms with Gasteiger partial charge in [0.25, 0.3) is 6.43 Å². The molecule has 0 aliphatic heterocycles. The van der Waals surface area contributed by atoms with Crippen LogP contribution in [0.2, 0.25) is 0 Å². The Morgan fingerprint density at radius 3 is 2.63 bits per heavy atom. The van der Waals surface area contributed by atoms with Crippen LogP contribution in [0.3, 0.4) is 0 Å². The summed E-state index contributed by atoms with van der Waals surface area (Å²) in [6.45, 7) is 4.79. The monoisotopic (exact) mass is 593 g/mol. The number of pyridine rings is 1. The van der Waals surface area contributed by atoms with E-state index in [2.05, 4.69) is 37.3 Å². The van der Waals surface area contributed by atoms with Crippen molar-refractivity contribution in [2.45, 2.75) is 58.5 Å². The second-order valence-electron chi connectivity index (χ2n) is 10.6. The molecular weight excluding hydrogens is 562 g/mol. The molecular formula is C31H31F4N7O. The van der Waals surface area contributed by atoms with E-state index in [-0.39, 0.29) is 12.1 Å². The highest BCUT2D eigenvalue weighted by Crippen LogP contribution is 2.33. The molecule has 43 heavy (non-hydrogen) atoms. The van der Waals surface area contributed by atoms with Crippen LogP contribution in [0.5, 0.6) is 0 Å². The summed E-state index contributed by atoms with van der Waals surface area (Å²) in [6, 6.07) is 6.50. The molecule has 4 aromatic heterocycles. The van der Waals surface area contributed by atoms with Gasteiger partial charge < -0.3 is 10.3 Å². The van der Waals surface area contributed by atoms with Crippen LogP contribution in [0.25, 0.3) is 22.2 Å². The summed E-state index contributed by atoms with van der Waals surface area (Å²) in [4.78, 5) is 27.0. The fourth-order valence-electron chi connectivity index (χ4n) is 5.52. The van der Waals surface area contributed by atoms with E-state index in [1.165, 1.54) is 18.5 Å². The Kier molecular flexibility index (Phi) is 9.13. The van der Waals surface area contributed by atoms with Crippen molar-refractivity contribution in [2.75, 3.05) is 0 Å². The number of aromatic nitrogens is 6. The molecule has 0 fully saturated rings. The topological polar surface area (TPSA) is 101 Å². The number of amides is 1. The number of carbonyl (C=O) groups excluding carboxylic acids is 1. The number of hydrogen-bond acceptors (Lipinski definition) is 5. The van der Waals surface area contributed by atoms with Gasteiger partial charge in [0.05, 0.1) is 11.7 Å². The average Bonchev–Trinajstić information content (AvgIpc) is 3.61. The summed E-state index contributed by atoms with van der Waals surface area (Å²) in [7, 11) is 0. The normalized spacial score (nSPS) is 15.1. The zero-order chi connectivity index (χ0) is 30.5. The highest BCUT2D eigenvalue weighted by Gasteiger charge is 2.27. The maximum atomic E-state index is 13.6. The minimum Gasteiger partial charge on any atom is -0.350 e. The quantitative estimate of drug-likeness (QED) is 0.163. The van der Waals surface area contributed by atoms with Crippen LogP contribution < -0.4 is 5.32 Å². The Hall–Kier alpha value is -4.61. The minimum absolute atomic E-state index is 0.0127. The van der Waals surface area contributed by atoms with E-state index < -0.39 is 24.1 Å². The van der Waals surface area contributed by atoms with Crippen molar-refractivity contribution < 1.29 is 22.4 Å². The van der Waals surface area contributed by atoms with Crippen LogP contribution in [0.4, 0.5) is 17.6 Å². The largest absolute Gasteiger partial charge is 0.350 e. The van der Waals surface area contributed by atoms with E-state index in [4.69, 9.17) is 0 Å². The third kappa shape index (κ3) is 6.73. The molecule has 224 valence electrons. The number of aromatic amines is 1. The Balaban J connectivity index is 0.000000207. The number of H-pyrrole nitrogens is 1. The number of nitrogens with zero attached hydrogens (tertiary/aromatic N) is 5. The highest BCUT2D eigenvalue weighted by atomic mass is 19.3. The van der Waals surface area contributed by atoms with Crippen LogP contribution in [0.15, 0.2) is 55.2 Å². The van der Waals surface area contributed by atoms with E-state index in [9.17, 15) is 22.4 Å². The molecule has 0 saturated carbocycles. The van der Waals surface area contributed by atoms with Gasteiger partial charge in [0, 0.05) is 59.0 Å². The van der Waals surface area contributed by atoms with Crippen molar-refractivity contribution in [3.05, 3.63) is 95.1 Å². The van der Waals surface area contributed by atoms with Gasteiger partial charge in [-0.05, 0) is 68.4 Å². The average molecular weight is 594 g/mol. The molecule has 2 N–H and O–H groups in total. The van der Waals surface area contributed by atoms with Crippen LogP contribution in [0, 0.1) is 17.6 Å². The molecule has 6 rings (SSSR count). The Morgan fingerprint density at radius 2 is 1.91 bits per heavy atom. The fourth-order valence-corrected chi connectivity index (χ4v) is 5.52. The Morgan fingerprint density at radius 1 is 1.12 bits per heavy atom. The summed E-state index contributed by atoms with van der Waals surface area (Å²) in [6.07, 6.45) is 7.40. The number of benzene rings is 1. The molecule has 4 heterocycles. The summed E-state index contributed by atoms with van der Waals surface area (Å²) in [5.74, 6) is -0.764. The first-order valence-corrected chi connectivity index (χ1v) is 14.0. The highest BCUT2D eigenvalue weighted by molar-refractivity contribution is 5.81. The number of fused-ring (bicyclic) bond motifs is 2. The predicted molar refractivity (Wildman–Crippen MR) is 153 cm³/mol.